The Labute approximate surface area is 148 Å². The molecule has 0 aromatic heterocycles. The molecule has 1 saturated carbocycles. The van der Waals surface area contributed by atoms with Gasteiger partial charge in [-0.2, -0.15) is 0 Å². The van der Waals surface area contributed by atoms with Crippen LogP contribution in [0.4, 0.5) is 5.69 Å². The highest BCUT2D eigenvalue weighted by molar-refractivity contribution is 5.97. The number of nitrogens with zero attached hydrogens (tertiary/aromatic N) is 1. The monoisotopic (exact) mass is 346 g/mol. The van der Waals surface area contributed by atoms with Crippen LogP contribution in [-0.2, 0) is 9.53 Å². The highest BCUT2D eigenvalue weighted by Crippen LogP contribution is 2.62. The molecule has 0 unspecified atom stereocenters. The Morgan fingerprint density at radius 2 is 2.16 bits per heavy atom. The first-order valence-electron chi connectivity index (χ1n) is 8.60. The highest BCUT2D eigenvalue weighted by Gasteiger charge is 2.63. The number of hydrogen-bond donors (Lipinski definition) is 2. The number of anilines is 1. The van der Waals surface area contributed by atoms with Gasteiger partial charge in [0.15, 0.2) is 0 Å². The van der Waals surface area contributed by atoms with Crippen molar-refractivity contribution in [2.45, 2.75) is 20.3 Å². The van der Waals surface area contributed by atoms with Gasteiger partial charge in [0.1, 0.15) is 6.61 Å². The molecular weight excluding hydrogens is 320 g/mol. The fraction of sp³-hybridized carbons (Fsp3) is 0.579. The van der Waals surface area contributed by atoms with Crippen LogP contribution in [0.3, 0.4) is 0 Å². The lowest BCUT2D eigenvalue weighted by Gasteiger charge is -2.55. The lowest BCUT2D eigenvalue weighted by atomic mass is 9.48. The minimum atomic E-state index is -0.257. The van der Waals surface area contributed by atoms with Gasteiger partial charge >= 0.3 is 0 Å². The van der Waals surface area contributed by atoms with E-state index < -0.39 is 0 Å². The normalized spacial score (nSPS) is 26.7. The van der Waals surface area contributed by atoms with Gasteiger partial charge in [-0.15, -0.1) is 0 Å². The van der Waals surface area contributed by atoms with E-state index in [2.05, 4.69) is 19.2 Å². The van der Waals surface area contributed by atoms with Crippen molar-refractivity contribution in [1.29, 1.82) is 0 Å². The second-order valence-corrected chi connectivity index (χ2v) is 7.99. The third kappa shape index (κ3) is 3.16. The number of hydrogen-bond acceptors (Lipinski definition) is 4. The average Bonchev–Trinajstić information content (AvgIpc) is 2.90. The van der Waals surface area contributed by atoms with Gasteiger partial charge in [-0.1, -0.05) is 19.9 Å². The summed E-state index contributed by atoms with van der Waals surface area (Å²) < 4.78 is 4.80. The van der Waals surface area contributed by atoms with E-state index in [4.69, 9.17) is 4.74 Å². The molecule has 2 N–H and O–H groups in total. The Bertz CT molecular complexity index is 688. The van der Waals surface area contributed by atoms with Crippen LogP contribution in [0.2, 0.25) is 0 Å². The van der Waals surface area contributed by atoms with Crippen molar-refractivity contribution in [1.82, 2.24) is 4.90 Å². The zero-order valence-electron chi connectivity index (χ0n) is 15.0. The first kappa shape index (κ1) is 17.9. The van der Waals surface area contributed by atoms with Gasteiger partial charge in [0.05, 0.1) is 6.61 Å². The number of aliphatic hydroxyl groups excluding tert-OH is 1. The second-order valence-electron chi connectivity index (χ2n) is 7.99. The van der Waals surface area contributed by atoms with Crippen LogP contribution in [-0.4, -0.2) is 55.2 Å². The maximum absolute atomic E-state index is 12.9. The predicted octanol–water partition coefficient (Wildman–Crippen LogP) is 1.75. The maximum Gasteiger partial charge on any atom is 0.253 e. The topological polar surface area (TPSA) is 78.9 Å². The van der Waals surface area contributed by atoms with E-state index in [9.17, 15) is 14.7 Å². The van der Waals surface area contributed by atoms with E-state index in [0.717, 1.165) is 6.42 Å². The summed E-state index contributed by atoms with van der Waals surface area (Å²) in [7, 11) is 1.46. The van der Waals surface area contributed by atoms with Gasteiger partial charge < -0.3 is 20.1 Å². The molecule has 1 aliphatic heterocycles. The van der Waals surface area contributed by atoms with Gasteiger partial charge in [0, 0.05) is 36.9 Å². The molecule has 0 spiro atoms. The van der Waals surface area contributed by atoms with Crippen molar-refractivity contribution in [3.05, 3.63) is 29.8 Å². The minimum Gasteiger partial charge on any atom is -0.396 e. The van der Waals surface area contributed by atoms with Crippen LogP contribution in [0.25, 0.3) is 0 Å². The fourth-order valence-electron chi connectivity index (χ4n) is 4.74. The molecule has 1 aliphatic carbocycles. The van der Waals surface area contributed by atoms with Crippen molar-refractivity contribution >= 4 is 17.5 Å². The number of amides is 2. The van der Waals surface area contributed by atoms with Gasteiger partial charge in [-0.05, 0) is 36.0 Å². The molecule has 136 valence electrons. The van der Waals surface area contributed by atoms with Crippen LogP contribution >= 0.6 is 0 Å². The molecule has 6 heteroatoms. The average molecular weight is 346 g/mol. The maximum atomic E-state index is 12.9. The third-order valence-electron chi connectivity index (χ3n) is 5.67. The van der Waals surface area contributed by atoms with Crippen LogP contribution in [0.15, 0.2) is 24.3 Å². The lowest BCUT2D eigenvalue weighted by molar-refractivity contribution is -0.119. The number of methoxy groups -OCH3 is 1. The van der Waals surface area contributed by atoms with E-state index in [-0.39, 0.29) is 35.9 Å². The number of carbonyl (C=O) groups is 2. The van der Waals surface area contributed by atoms with E-state index in [1.807, 2.05) is 4.90 Å². The van der Waals surface area contributed by atoms with E-state index in [1.54, 1.807) is 24.3 Å². The first-order chi connectivity index (χ1) is 11.8. The lowest BCUT2D eigenvalue weighted by Crippen LogP contribution is -2.54. The Hall–Kier alpha value is -1.92. The molecule has 2 atom stereocenters. The first-order valence-corrected chi connectivity index (χ1v) is 8.60. The summed E-state index contributed by atoms with van der Waals surface area (Å²) in [5, 5.41) is 12.6. The van der Waals surface area contributed by atoms with E-state index in [1.165, 1.54) is 7.11 Å². The molecule has 1 aromatic rings. The predicted molar refractivity (Wildman–Crippen MR) is 94.3 cm³/mol. The largest absolute Gasteiger partial charge is 0.396 e. The summed E-state index contributed by atoms with van der Waals surface area (Å²) >= 11 is 0. The summed E-state index contributed by atoms with van der Waals surface area (Å²) in [5.41, 5.74) is 1.13. The quantitative estimate of drug-likeness (QED) is 0.851. The molecule has 6 nitrogen and oxygen atoms in total. The molecule has 2 amide bonds. The van der Waals surface area contributed by atoms with Gasteiger partial charge in [0.2, 0.25) is 5.91 Å². The Morgan fingerprint density at radius 1 is 1.40 bits per heavy atom. The third-order valence-corrected chi connectivity index (χ3v) is 5.67. The summed E-state index contributed by atoms with van der Waals surface area (Å²) in [6, 6.07) is 6.95. The molecule has 1 heterocycles. The second kappa shape index (κ2) is 6.42. The highest BCUT2D eigenvalue weighted by atomic mass is 16.5. The van der Waals surface area contributed by atoms with Crippen molar-refractivity contribution in [3.8, 4) is 0 Å². The number of carbonyl (C=O) groups excluding carboxylic acids is 2. The zero-order chi connectivity index (χ0) is 18.2. The standard InChI is InChI=1S/C19H26N2O4/c1-18(2)10-19(12-22)11-21(8-15(18)19)17(24)13-5-4-6-14(7-13)20-16(23)9-25-3/h4-7,15,22H,8-12H2,1-3H3,(H,20,23)/t15-,19-/m1/s1. The molecule has 1 aromatic carbocycles. The summed E-state index contributed by atoms with van der Waals surface area (Å²) in [6.45, 7) is 5.76. The van der Waals surface area contributed by atoms with E-state index in [0.29, 0.717) is 30.3 Å². The summed E-state index contributed by atoms with van der Waals surface area (Å²) in [6.07, 6.45) is 0.943. The number of fused-ring (bicyclic) bond motifs is 1. The summed E-state index contributed by atoms with van der Waals surface area (Å²) in [4.78, 5) is 26.4. The summed E-state index contributed by atoms with van der Waals surface area (Å²) in [5.74, 6) is 0.0201. The van der Waals surface area contributed by atoms with Crippen molar-refractivity contribution in [3.63, 3.8) is 0 Å². The fourth-order valence-corrected chi connectivity index (χ4v) is 4.74. The van der Waals surface area contributed by atoms with Crippen LogP contribution in [0, 0.1) is 16.7 Å². The van der Waals surface area contributed by atoms with Crippen molar-refractivity contribution in [2.75, 3.05) is 38.7 Å². The van der Waals surface area contributed by atoms with E-state index >= 15 is 0 Å². The van der Waals surface area contributed by atoms with Crippen molar-refractivity contribution < 1.29 is 19.4 Å². The van der Waals surface area contributed by atoms with Gasteiger partial charge in [0.25, 0.3) is 5.91 Å². The van der Waals surface area contributed by atoms with Crippen LogP contribution in [0.1, 0.15) is 30.6 Å². The number of likely N-dealkylation sites (tertiary alicyclic amines) is 1. The number of rotatable bonds is 5. The molecule has 0 bridgehead atoms. The Balaban J connectivity index is 1.73. The molecule has 3 rings (SSSR count). The number of aliphatic hydroxyl groups is 1. The number of nitrogens with one attached hydrogen (secondary N) is 1. The molecule has 0 radical (unpaired) electrons. The zero-order valence-corrected chi connectivity index (χ0v) is 15.0. The smallest absolute Gasteiger partial charge is 0.253 e. The molecule has 2 aliphatic rings. The van der Waals surface area contributed by atoms with Gasteiger partial charge in [-0.25, -0.2) is 0 Å². The van der Waals surface area contributed by atoms with Crippen LogP contribution in [0.5, 0.6) is 0 Å². The Morgan fingerprint density at radius 3 is 2.76 bits per heavy atom. The molecule has 1 saturated heterocycles. The van der Waals surface area contributed by atoms with Gasteiger partial charge in [-0.3, -0.25) is 9.59 Å². The number of benzene rings is 1. The SMILES string of the molecule is COCC(=O)Nc1cccc(C(=O)N2C[C@@H]3C(C)(C)C[C@]3(CO)C2)c1. The van der Waals surface area contributed by atoms with Crippen molar-refractivity contribution in [2.24, 2.45) is 16.7 Å². The molecule has 2 fully saturated rings. The molecule has 25 heavy (non-hydrogen) atoms. The number of ether oxygens (including phenoxy) is 1. The minimum absolute atomic E-state index is 0.0277. The Kier molecular flexibility index (Phi) is 4.60. The molecular formula is C19H26N2O4. The van der Waals surface area contributed by atoms with Crippen LogP contribution < -0.4 is 5.32 Å².